The smallest absolute Gasteiger partial charge is 0.338 e. The minimum Gasteiger partial charge on any atom is -0.478 e. The number of carbonyl (C=O) groups is 2. The van der Waals surface area contributed by atoms with Crippen molar-refractivity contribution in [2.24, 2.45) is 0 Å². The van der Waals surface area contributed by atoms with Gasteiger partial charge >= 0.3 is 5.97 Å². The summed E-state index contributed by atoms with van der Waals surface area (Å²) in [5.74, 6) is -5.52. The minimum absolute atomic E-state index is 0.357. The van der Waals surface area contributed by atoms with Crippen LogP contribution in [0.5, 0.6) is 0 Å². The topological polar surface area (TPSA) is 107 Å². The molecule has 0 saturated carbocycles. The predicted octanol–water partition coefficient (Wildman–Crippen LogP) is 5.45. The molecule has 4 aromatic rings. The number of fused-ring (bicyclic) bond motifs is 1. The van der Waals surface area contributed by atoms with Crippen molar-refractivity contribution in [2.45, 2.75) is 6.92 Å². The molecule has 4 N–H and O–H groups in total. The number of aryl methyl sites for hydroxylation is 1. The second-order valence-corrected chi connectivity index (χ2v) is 8.24. The van der Waals surface area contributed by atoms with E-state index in [0.29, 0.717) is 16.9 Å². The Labute approximate surface area is 194 Å². The van der Waals surface area contributed by atoms with Crippen LogP contribution in [0.4, 0.5) is 25.8 Å². The number of aromatic nitrogens is 2. The van der Waals surface area contributed by atoms with Crippen molar-refractivity contribution in [1.82, 2.24) is 10.2 Å². The first-order valence-corrected chi connectivity index (χ1v) is 10.4. The number of aromatic amines is 1. The van der Waals surface area contributed by atoms with Crippen LogP contribution in [0, 0.1) is 22.1 Å². The Morgan fingerprint density at radius 1 is 1.06 bits per heavy atom. The Bertz CT molecular complexity index is 1390. The van der Waals surface area contributed by atoms with E-state index in [4.69, 9.17) is 0 Å². The number of rotatable bonds is 5. The fourth-order valence-electron chi connectivity index (χ4n) is 3.20. The lowest BCUT2D eigenvalue weighted by Crippen LogP contribution is -2.18. The maximum atomic E-state index is 14.9. The van der Waals surface area contributed by atoms with E-state index in [-0.39, 0.29) is 5.56 Å². The zero-order chi connectivity index (χ0) is 23.0. The Hall–Kier alpha value is -3.54. The number of halogens is 3. The number of carbonyl (C=O) groups excluding carboxylic acids is 1. The van der Waals surface area contributed by atoms with Crippen LogP contribution in [0.1, 0.15) is 26.3 Å². The highest BCUT2D eigenvalue weighted by atomic mass is 127. The van der Waals surface area contributed by atoms with Gasteiger partial charge in [0.25, 0.3) is 5.91 Å². The number of nitrogens with one attached hydrogen (secondary N) is 3. The molecule has 32 heavy (non-hydrogen) atoms. The normalized spacial score (nSPS) is 10.9. The van der Waals surface area contributed by atoms with Gasteiger partial charge in [-0.05, 0) is 77.5 Å². The molecule has 0 unspecified atom stereocenters. The lowest BCUT2D eigenvalue weighted by molar-refractivity contribution is 0.0690. The first-order valence-electron chi connectivity index (χ1n) is 9.27. The van der Waals surface area contributed by atoms with Crippen LogP contribution in [-0.4, -0.2) is 27.2 Å². The number of hydrogen-bond donors (Lipinski definition) is 4. The van der Waals surface area contributed by atoms with Gasteiger partial charge in [0.15, 0.2) is 11.6 Å². The average molecular weight is 548 g/mol. The molecule has 0 bridgehead atoms. The molecule has 1 amide bonds. The number of carboxylic acid groups (broad SMARTS) is 1. The van der Waals surface area contributed by atoms with Gasteiger partial charge in [0.05, 0.1) is 28.5 Å². The van der Waals surface area contributed by atoms with Crippen molar-refractivity contribution >= 4 is 62.4 Å². The summed E-state index contributed by atoms with van der Waals surface area (Å²) in [7, 11) is 0. The van der Waals surface area contributed by atoms with Crippen molar-refractivity contribution in [3.63, 3.8) is 0 Å². The maximum absolute atomic E-state index is 14.9. The molecule has 10 heteroatoms. The van der Waals surface area contributed by atoms with E-state index in [1.54, 1.807) is 43.5 Å². The summed E-state index contributed by atoms with van der Waals surface area (Å²) in [6.45, 7) is 1.77. The highest BCUT2D eigenvalue weighted by Gasteiger charge is 2.26. The number of hydrogen-bond acceptors (Lipinski definition) is 4. The first kappa shape index (κ1) is 21.7. The first-order chi connectivity index (χ1) is 15.2. The van der Waals surface area contributed by atoms with Crippen LogP contribution >= 0.6 is 22.6 Å². The molecule has 0 radical (unpaired) electrons. The zero-order valence-corrected chi connectivity index (χ0v) is 18.6. The van der Waals surface area contributed by atoms with Crippen molar-refractivity contribution in [1.29, 1.82) is 0 Å². The van der Waals surface area contributed by atoms with Gasteiger partial charge in [0.2, 0.25) is 0 Å². The maximum Gasteiger partial charge on any atom is 0.338 e. The second kappa shape index (κ2) is 8.54. The summed E-state index contributed by atoms with van der Waals surface area (Å²) in [5.41, 5.74) is 0.439. The minimum atomic E-state index is -1.69. The Morgan fingerprint density at radius 2 is 1.84 bits per heavy atom. The van der Waals surface area contributed by atoms with E-state index in [0.717, 1.165) is 20.6 Å². The summed E-state index contributed by atoms with van der Waals surface area (Å²) < 4.78 is 30.3. The van der Waals surface area contributed by atoms with Crippen LogP contribution < -0.4 is 10.6 Å². The summed E-state index contributed by atoms with van der Waals surface area (Å²) in [5, 5.41) is 22.1. The lowest BCUT2D eigenvalue weighted by Gasteiger charge is -2.17. The molecular formula is C22H15F2IN4O3. The van der Waals surface area contributed by atoms with Crippen LogP contribution in [0.15, 0.2) is 48.7 Å². The van der Waals surface area contributed by atoms with Crippen LogP contribution in [0.3, 0.4) is 0 Å². The van der Waals surface area contributed by atoms with Crippen LogP contribution in [0.2, 0.25) is 0 Å². The van der Waals surface area contributed by atoms with Gasteiger partial charge in [-0.2, -0.15) is 5.10 Å². The standard InChI is InChI=1S/C22H15F2IN4O3/c1-10-6-12(25)3-5-16(10)28-20-15(8-14(22(31)32)18(23)19(20)24)21(30)27-13-4-2-11-9-26-29-17(11)7-13/h2-9,28H,1H3,(H,26,29)(H,27,30)(H,31,32). The Kier molecular flexibility index (Phi) is 5.78. The van der Waals surface area contributed by atoms with E-state index in [1.165, 1.54) is 0 Å². The molecule has 3 aromatic carbocycles. The van der Waals surface area contributed by atoms with Gasteiger partial charge in [-0.1, -0.05) is 0 Å². The van der Waals surface area contributed by atoms with Gasteiger partial charge in [-0.25, -0.2) is 13.6 Å². The van der Waals surface area contributed by atoms with Gasteiger partial charge in [0.1, 0.15) is 0 Å². The van der Waals surface area contributed by atoms with Gasteiger partial charge in [0, 0.05) is 20.3 Å². The number of amides is 1. The molecule has 7 nitrogen and oxygen atoms in total. The van der Waals surface area contributed by atoms with Gasteiger partial charge in [-0.15, -0.1) is 0 Å². The molecule has 0 atom stereocenters. The monoisotopic (exact) mass is 548 g/mol. The molecule has 0 fully saturated rings. The largest absolute Gasteiger partial charge is 0.478 e. The SMILES string of the molecule is Cc1cc(I)ccc1Nc1c(C(=O)Nc2ccc3cn[nH]c3c2)cc(C(=O)O)c(F)c1F. The van der Waals surface area contributed by atoms with E-state index < -0.39 is 34.8 Å². The summed E-state index contributed by atoms with van der Waals surface area (Å²) in [4.78, 5) is 24.4. The number of aromatic carboxylic acids is 1. The molecule has 0 aliphatic carbocycles. The number of anilines is 3. The third kappa shape index (κ3) is 4.13. The number of benzene rings is 3. The number of carboxylic acids is 1. The van der Waals surface area contributed by atoms with E-state index >= 15 is 0 Å². The third-order valence-electron chi connectivity index (χ3n) is 4.83. The number of H-pyrrole nitrogens is 1. The lowest BCUT2D eigenvalue weighted by atomic mass is 10.0. The fourth-order valence-corrected chi connectivity index (χ4v) is 3.85. The third-order valence-corrected chi connectivity index (χ3v) is 5.50. The quantitative estimate of drug-likeness (QED) is 0.248. The summed E-state index contributed by atoms with van der Waals surface area (Å²) >= 11 is 2.11. The van der Waals surface area contributed by atoms with Crippen molar-refractivity contribution in [3.8, 4) is 0 Å². The van der Waals surface area contributed by atoms with E-state index in [9.17, 15) is 23.5 Å². The van der Waals surface area contributed by atoms with Gasteiger partial charge < -0.3 is 15.7 Å². The fraction of sp³-hybridized carbons (Fsp3) is 0.0455. The molecule has 0 spiro atoms. The molecule has 0 aliphatic heterocycles. The van der Waals surface area contributed by atoms with Crippen LogP contribution in [0.25, 0.3) is 10.9 Å². The molecule has 0 aliphatic rings. The summed E-state index contributed by atoms with van der Waals surface area (Å²) in [6, 6.07) is 11.0. The molecule has 4 rings (SSSR count). The highest BCUT2D eigenvalue weighted by Crippen LogP contribution is 2.31. The van der Waals surface area contributed by atoms with Crippen molar-refractivity contribution in [3.05, 3.63) is 80.6 Å². The van der Waals surface area contributed by atoms with Crippen LogP contribution in [-0.2, 0) is 0 Å². The Morgan fingerprint density at radius 3 is 2.56 bits per heavy atom. The zero-order valence-electron chi connectivity index (χ0n) is 16.5. The molecule has 1 heterocycles. The predicted molar refractivity (Wildman–Crippen MR) is 125 cm³/mol. The Balaban J connectivity index is 1.78. The van der Waals surface area contributed by atoms with Gasteiger partial charge in [-0.3, -0.25) is 9.89 Å². The molecule has 162 valence electrons. The molecule has 0 saturated heterocycles. The highest BCUT2D eigenvalue weighted by molar-refractivity contribution is 14.1. The van der Waals surface area contributed by atoms with Crippen molar-refractivity contribution in [2.75, 3.05) is 10.6 Å². The molecule has 1 aromatic heterocycles. The van der Waals surface area contributed by atoms with E-state index in [2.05, 4.69) is 43.4 Å². The average Bonchev–Trinajstić information content (AvgIpc) is 3.20. The van der Waals surface area contributed by atoms with Crippen molar-refractivity contribution < 1.29 is 23.5 Å². The van der Waals surface area contributed by atoms with E-state index in [1.807, 2.05) is 6.07 Å². The summed E-state index contributed by atoms with van der Waals surface area (Å²) in [6.07, 6.45) is 1.61. The molecular weight excluding hydrogens is 533 g/mol. The number of nitrogens with zero attached hydrogens (tertiary/aromatic N) is 1. The second-order valence-electron chi connectivity index (χ2n) is 6.99.